The van der Waals surface area contributed by atoms with Crippen LogP contribution >= 0.6 is 0 Å². The molecule has 1 aromatic carbocycles. The van der Waals surface area contributed by atoms with Gasteiger partial charge in [-0.1, -0.05) is 18.7 Å². The Morgan fingerprint density at radius 3 is 2.75 bits per heavy atom. The number of fused-ring (bicyclic) bond motifs is 1. The Balaban J connectivity index is 1.81. The second-order valence-corrected chi connectivity index (χ2v) is 6.77. The molecule has 104 valence electrons. The first-order valence-corrected chi connectivity index (χ1v) is 7.70. The van der Waals surface area contributed by atoms with Gasteiger partial charge in [0.1, 0.15) is 0 Å². The van der Waals surface area contributed by atoms with E-state index in [1.54, 1.807) is 0 Å². The molecule has 2 nitrogen and oxygen atoms in total. The average molecular weight is 266 g/mol. The van der Waals surface area contributed by atoms with Gasteiger partial charge in [0.25, 0.3) is 0 Å². The highest BCUT2D eigenvalue weighted by atomic mass is 15.2. The summed E-state index contributed by atoms with van der Waals surface area (Å²) in [4.78, 5) is 0. The van der Waals surface area contributed by atoms with E-state index in [1.165, 1.54) is 35.2 Å². The highest BCUT2D eigenvalue weighted by molar-refractivity contribution is 5.65. The van der Waals surface area contributed by atoms with Crippen LogP contribution in [-0.2, 0) is 0 Å². The van der Waals surface area contributed by atoms with Crippen LogP contribution in [0.3, 0.4) is 0 Å². The fourth-order valence-corrected chi connectivity index (χ4v) is 3.76. The summed E-state index contributed by atoms with van der Waals surface area (Å²) < 4.78 is 0. The molecule has 1 unspecified atom stereocenters. The lowest BCUT2D eigenvalue weighted by atomic mass is 9.74. The van der Waals surface area contributed by atoms with E-state index >= 15 is 0 Å². The maximum atomic E-state index is 3.82. The summed E-state index contributed by atoms with van der Waals surface area (Å²) in [7, 11) is 0. The third-order valence-corrected chi connectivity index (χ3v) is 5.08. The quantitative estimate of drug-likeness (QED) is 0.801. The summed E-state index contributed by atoms with van der Waals surface area (Å²) in [5.41, 5.74) is 9.03. The van der Waals surface area contributed by atoms with Crippen molar-refractivity contribution in [2.24, 2.45) is 0 Å². The molecule has 0 bridgehead atoms. The van der Waals surface area contributed by atoms with Gasteiger partial charge >= 0.3 is 0 Å². The summed E-state index contributed by atoms with van der Waals surface area (Å²) in [5.74, 6) is 1.27. The summed E-state index contributed by atoms with van der Waals surface area (Å²) in [5, 5.41) is 7.23. The zero-order valence-corrected chi connectivity index (χ0v) is 12.1. The predicted octanol–water partition coefficient (Wildman–Crippen LogP) is 3.45. The first-order valence-electron chi connectivity index (χ1n) is 7.70. The summed E-state index contributed by atoms with van der Waals surface area (Å²) in [6.45, 7) is 8.18. The molecule has 1 aliphatic carbocycles. The molecular weight excluding hydrogens is 244 g/mol. The minimum absolute atomic E-state index is 0.247. The van der Waals surface area contributed by atoms with Crippen molar-refractivity contribution >= 4 is 5.69 Å². The fraction of sp³-hybridized carbons (Fsp3) is 0.500. The Morgan fingerprint density at radius 1 is 1.35 bits per heavy atom. The van der Waals surface area contributed by atoms with Gasteiger partial charge in [-0.3, -0.25) is 0 Å². The van der Waals surface area contributed by atoms with E-state index in [9.17, 15) is 0 Å². The third kappa shape index (κ3) is 1.83. The summed E-state index contributed by atoms with van der Waals surface area (Å²) in [6, 6.07) is 4.83. The molecule has 0 aromatic heterocycles. The van der Waals surface area contributed by atoms with Gasteiger partial charge in [0.15, 0.2) is 0 Å². The third-order valence-electron chi connectivity index (χ3n) is 5.08. The number of hydrogen-bond acceptors (Lipinski definition) is 2. The van der Waals surface area contributed by atoms with E-state index in [0.717, 1.165) is 25.4 Å². The van der Waals surface area contributed by atoms with Gasteiger partial charge in [-0.2, -0.15) is 0 Å². The van der Waals surface area contributed by atoms with Gasteiger partial charge in [0.05, 0.1) is 5.54 Å². The standard InChI is InChI=1S/C18H22N2/c1-3-4-14-9-18(10-19-11-18)20-17-12(2)7-15(8-16(14)17)13-5-6-13/h4,7-8,13-14,19-20H,1,5-6,9-11H2,2H3. The maximum Gasteiger partial charge on any atom is 0.0631 e. The van der Waals surface area contributed by atoms with E-state index < -0.39 is 0 Å². The van der Waals surface area contributed by atoms with E-state index in [1.807, 2.05) is 0 Å². The van der Waals surface area contributed by atoms with Gasteiger partial charge in [0.2, 0.25) is 0 Å². The van der Waals surface area contributed by atoms with E-state index in [4.69, 9.17) is 0 Å². The monoisotopic (exact) mass is 266 g/mol. The normalized spacial score (nSPS) is 26.1. The van der Waals surface area contributed by atoms with E-state index in [2.05, 4.69) is 48.1 Å². The van der Waals surface area contributed by atoms with Crippen LogP contribution in [0.25, 0.3) is 0 Å². The smallest absolute Gasteiger partial charge is 0.0631 e. The number of hydrogen-bond donors (Lipinski definition) is 2. The molecule has 0 radical (unpaired) electrons. The second-order valence-electron chi connectivity index (χ2n) is 6.77. The van der Waals surface area contributed by atoms with Gasteiger partial charge in [-0.15, -0.1) is 5.73 Å². The molecule has 1 saturated heterocycles. The SMILES string of the molecule is C=C=CC1CC2(CNC2)Nc2c(C)cc(C3CC3)cc21. The zero-order chi connectivity index (χ0) is 13.7. The van der Waals surface area contributed by atoms with Gasteiger partial charge in [-0.05, 0) is 54.9 Å². The fourth-order valence-electron chi connectivity index (χ4n) is 3.76. The van der Waals surface area contributed by atoms with Crippen LogP contribution in [0.5, 0.6) is 0 Å². The van der Waals surface area contributed by atoms with Crippen molar-refractivity contribution in [3.05, 3.63) is 47.2 Å². The number of rotatable bonds is 2. The number of benzene rings is 1. The lowest BCUT2D eigenvalue weighted by Gasteiger charge is -2.49. The van der Waals surface area contributed by atoms with Crippen molar-refractivity contribution in [3.8, 4) is 0 Å². The molecule has 2 aliphatic heterocycles. The lowest BCUT2D eigenvalue weighted by Crippen LogP contribution is -2.65. The lowest BCUT2D eigenvalue weighted by molar-refractivity contribution is 0.274. The Kier molecular flexibility index (Phi) is 2.60. The van der Waals surface area contributed by atoms with Crippen LogP contribution in [0.15, 0.2) is 30.5 Å². The Morgan fingerprint density at radius 2 is 2.15 bits per heavy atom. The minimum atomic E-state index is 0.247. The minimum Gasteiger partial charge on any atom is -0.377 e. The molecular formula is C18H22N2. The first kappa shape index (κ1) is 12.3. The van der Waals surface area contributed by atoms with Gasteiger partial charge in [0, 0.05) is 24.7 Å². The van der Waals surface area contributed by atoms with Crippen LogP contribution in [0.2, 0.25) is 0 Å². The highest BCUT2D eigenvalue weighted by Crippen LogP contribution is 2.47. The topological polar surface area (TPSA) is 24.1 Å². The highest BCUT2D eigenvalue weighted by Gasteiger charge is 2.43. The van der Waals surface area contributed by atoms with Crippen LogP contribution in [0.1, 0.15) is 47.8 Å². The Hall–Kier alpha value is -1.50. The van der Waals surface area contributed by atoms with Gasteiger partial charge in [-0.25, -0.2) is 0 Å². The van der Waals surface area contributed by atoms with Crippen molar-refractivity contribution in [2.75, 3.05) is 18.4 Å². The Bertz CT molecular complexity index is 602. The van der Waals surface area contributed by atoms with Crippen molar-refractivity contribution in [1.29, 1.82) is 0 Å². The molecule has 1 atom stereocenters. The summed E-state index contributed by atoms with van der Waals surface area (Å²) >= 11 is 0. The molecule has 2 N–H and O–H groups in total. The van der Waals surface area contributed by atoms with Crippen molar-refractivity contribution in [3.63, 3.8) is 0 Å². The summed E-state index contributed by atoms with van der Waals surface area (Å²) in [6.07, 6.45) is 6.04. The first-order chi connectivity index (χ1) is 9.71. The molecule has 2 heteroatoms. The number of anilines is 1. The van der Waals surface area contributed by atoms with Crippen molar-refractivity contribution < 1.29 is 0 Å². The van der Waals surface area contributed by atoms with Crippen LogP contribution in [-0.4, -0.2) is 18.6 Å². The van der Waals surface area contributed by atoms with Crippen LogP contribution < -0.4 is 10.6 Å². The average Bonchev–Trinajstić information content (AvgIpc) is 3.22. The molecule has 2 fully saturated rings. The zero-order valence-electron chi connectivity index (χ0n) is 12.1. The molecule has 1 spiro atoms. The number of aryl methyl sites for hydroxylation is 1. The molecule has 2 heterocycles. The molecule has 1 aromatic rings. The molecule has 0 amide bonds. The number of allylic oxidation sites excluding steroid dienone is 1. The Labute approximate surface area is 121 Å². The molecule has 1 saturated carbocycles. The van der Waals surface area contributed by atoms with Gasteiger partial charge < -0.3 is 10.6 Å². The van der Waals surface area contributed by atoms with Crippen LogP contribution in [0.4, 0.5) is 5.69 Å². The van der Waals surface area contributed by atoms with Crippen molar-refractivity contribution in [2.45, 2.75) is 43.6 Å². The molecule has 3 aliphatic rings. The van der Waals surface area contributed by atoms with Crippen LogP contribution in [0, 0.1) is 6.92 Å². The van der Waals surface area contributed by atoms with Crippen molar-refractivity contribution in [1.82, 2.24) is 5.32 Å². The largest absolute Gasteiger partial charge is 0.377 e. The maximum absolute atomic E-state index is 3.82. The second kappa shape index (κ2) is 4.25. The molecule has 20 heavy (non-hydrogen) atoms. The molecule has 4 rings (SSSR count). The predicted molar refractivity (Wildman–Crippen MR) is 83.4 cm³/mol. The van der Waals surface area contributed by atoms with E-state index in [-0.39, 0.29) is 5.54 Å². The van der Waals surface area contributed by atoms with E-state index in [0.29, 0.717) is 5.92 Å². The number of nitrogens with one attached hydrogen (secondary N) is 2.